The predicted molar refractivity (Wildman–Crippen MR) is 61.6 cm³/mol. The van der Waals surface area contributed by atoms with Crippen molar-refractivity contribution in [3.05, 3.63) is 0 Å². The fourth-order valence-corrected chi connectivity index (χ4v) is 2.08. The number of hydrogen-bond donors (Lipinski definition) is 2. The summed E-state index contributed by atoms with van der Waals surface area (Å²) in [5.41, 5.74) is 5.31. The van der Waals surface area contributed by atoms with Gasteiger partial charge in [0.2, 0.25) is 0 Å². The van der Waals surface area contributed by atoms with Crippen LogP contribution in [0.1, 0.15) is 27.2 Å². The van der Waals surface area contributed by atoms with E-state index in [9.17, 15) is 4.79 Å². The summed E-state index contributed by atoms with van der Waals surface area (Å²) in [5.74, 6) is 1.18. The zero-order valence-corrected chi connectivity index (χ0v) is 9.99. The van der Waals surface area contributed by atoms with Crippen molar-refractivity contribution in [3.8, 4) is 0 Å². The molecule has 0 aromatic rings. The number of likely N-dealkylation sites (tertiary alicyclic amines) is 1. The number of nitrogens with zero attached hydrogens (tertiary/aromatic N) is 1. The first-order valence-corrected chi connectivity index (χ1v) is 5.76. The van der Waals surface area contributed by atoms with E-state index in [1.807, 2.05) is 0 Å². The summed E-state index contributed by atoms with van der Waals surface area (Å²) in [6, 6.07) is 0.113. The number of hydrogen-bond acceptors (Lipinski definition) is 2. The van der Waals surface area contributed by atoms with Crippen LogP contribution < -0.4 is 11.1 Å². The summed E-state index contributed by atoms with van der Waals surface area (Å²) in [5, 5.41) is 3.49. The highest BCUT2D eigenvalue weighted by Gasteiger charge is 2.26. The molecule has 15 heavy (non-hydrogen) atoms. The normalized spacial score (nSPS) is 27.1. The highest BCUT2D eigenvalue weighted by Crippen LogP contribution is 2.16. The topological polar surface area (TPSA) is 58.4 Å². The fourth-order valence-electron chi connectivity index (χ4n) is 2.08. The minimum absolute atomic E-state index is 0.294. The Balaban J connectivity index is 2.41. The maximum atomic E-state index is 11.1. The van der Waals surface area contributed by atoms with Gasteiger partial charge >= 0.3 is 6.03 Å². The Labute approximate surface area is 92.2 Å². The van der Waals surface area contributed by atoms with Gasteiger partial charge in [-0.25, -0.2) is 4.79 Å². The summed E-state index contributed by atoms with van der Waals surface area (Å²) in [6.45, 7) is 9.10. The molecule has 1 aliphatic heterocycles. The molecule has 1 aliphatic rings. The third-order valence-electron chi connectivity index (χ3n) is 2.79. The molecule has 1 heterocycles. The number of rotatable bonds is 3. The average Bonchev–Trinajstić information content (AvgIpc) is 2.13. The van der Waals surface area contributed by atoms with Crippen LogP contribution in [0.5, 0.6) is 0 Å². The number of primary amides is 1. The highest BCUT2D eigenvalue weighted by molar-refractivity contribution is 5.72. The Morgan fingerprint density at radius 2 is 2.20 bits per heavy atom. The zero-order valence-electron chi connectivity index (χ0n) is 9.99. The third-order valence-corrected chi connectivity index (χ3v) is 2.79. The van der Waals surface area contributed by atoms with Crippen LogP contribution >= 0.6 is 0 Å². The lowest BCUT2D eigenvalue weighted by molar-refractivity contribution is 0.157. The molecule has 4 heteroatoms. The van der Waals surface area contributed by atoms with Crippen molar-refractivity contribution in [2.24, 2.45) is 17.6 Å². The van der Waals surface area contributed by atoms with E-state index in [1.54, 1.807) is 4.90 Å². The zero-order chi connectivity index (χ0) is 11.4. The van der Waals surface area contributed by atoms with Crippen molar-refractivity contribution in [2.45, 2.75) is 33.2 Å². The molecule has 88 valence electrons. The lowest BCUT2D eigenvalue weighted by Crippen LogP contribution is -2.52. The van der Waals surface area contributed by atoms with Gasteiger partial charge in [-0.3, -0.25) is 0 Å². The summed E-state index contributed by atoms with van der Waals surface area (Å²) in [6.07, 6.45) is 1.14. The van der Waals surface area contributed by atoms with E-state index >= 15 is 0 Å². The van der Waals surface area contributed by atoms with Crippen LogP contribution in [0.4, 0.5) is 4.79 Å². The average molecular weight is 213 g/mol. The fraction of sp³-hybridized carbons (Fsp3) is 0.909. The van der Waals surface area contributed by atoms with Crippen molar-refractivity contribution < 1.29 is 4.79 Å². The number of piperidine rings is 1. The largest absolute Gasteiger partial charge is 0.351 e. The first kappa shape index (κ1) is 12.3. The van der Waals surface area contributed by atoms with Gasteiger partial charge in [-0.15, -0.1) is 0 Å². The number of urea groups is 1. The third kappa shape index (κ3) is 4.08. The van der Waals surface area contributed by atoms with Crippen LogP contribution in [0, 0.1) is 11.8 Å². The molecule has 0 aliphatic carbocycles. The van der Waals surface area contributed by atoms with E-state index < -0.39 is 0 Å². The van der Waals surface area contributed by atoms with Crippen LogP contribution in [-0.4, -0.2) is 36.6 Å². The molecule has 4 nitrogen and oxygen atoms in total. The van der Waals surface area contributed by atoms with Gasteiger partial charge in [0, 0.05) is 19.1 Å². The Morgan fingerprint density at radius 1 is 1.53 bits per heavy atom. The molecule has 3 N–H and O–H groups in total. The number of carbonyl (C=O) groups excluding carboxylic acids is 1. The van der Waals surface area contributed by atoms with Gasteiger partial charge in [0.05, 0.1) is 0 Å². The first-order chi connectivity index (χ1) is 6.99. The molecule has 0 bridgehead atoms. The first-order valence-electron chi connectivity index (χ1n) is 5.76. The molecule has 0 radical (unpaired) electrons. The van der Waals surface area contributed by atoms with E-state index in [-0.39, 0.29) is 6.03 Å². The number of nitrogens with two attached hydrogens (primary N) is 1. The molecule has 2 amide bonds. The van der Waals surface area contributed by atoms with Crippen molar-refractivity contribution in [1.29, 1.82) is 0 Å². The predicted octanol–water partition coefficient (Wildman–Crippen LogP) is 1.02. The van der Waals surface area contributed by atoms with Gasteiger partial charge in [-0.05, 0) is 24.8 Å². The van der Waals surface area contributed by atoms with Gasteiger partial charge in [-0.2, -0.15) is 0 Å². The SMILES string of the molecule is CC(C)CNC1CC(C)CN(C(N)=O)C1. The van der Waals surface area contributed by atoms with Crippen LogP contribution in [0.2, 0.25) is 0 Å². The van der Waals surface area contributed by atoms with E-state index in [2.05, 4.69) is 26.1 Å². The second-order valence-electron chi connectivity index (χ2n) is 5.08. The smallest absolute Gasteiger partial charge is 0.314 e. The number of carbonyl (C=O) groups is 1. The van der Waals surface area contributed by atoms with Gasteiger partial charge in [0.15, 0.2) is 0 Å². The van der Waals surface area contributed by atoms with Gasteiger partial charge < -0.3 is 16.0 Å². The molecular weight excluding hydrogens is 190 g/mol. The van der Waals surface area contributed by atoms with Crippen LogP contribution in [0.25, 0.3) is 0 Å². The lowest BCUT2D eigenvalue weighted by Gasteiger charge is -2.36. The summed E-state index contributed by atoms with van der Waals surface area (Å²) in [4.78, 5) is 12.8. The maximum absolute atomic E-state index is 11.1. The molecule has 1 saturated heterocycles. The standard InChI is InChI=1S/C11H23N3O/c1-8(2)5-13-10-4-9(3)6-14(7-10)11(12)15/h8-10,13H,4-7H2,1-3H3,(H2,12,15). The van der Waals surface area contributed by atoms with Gasteiger partial charge in [-0.1, -0.05) is 20.8 Å². The minimum atomic E-state index is -0.294. The van der Waals surface area contributed by atoms with Crippen molar-refractivity contribution in [2.75, 3.05) is 19.6 Å². The Hall–Kier alpha value is -0.770. The van der Waals surface area contributed by atoms with Crippen LogP contribution in [-0.2, 0) is 0 Å². The summed E-state index contributed by atoms with van der Waals surface area (Å²) < 4.78 is 0. The summed E-state index contributed by atoms with van der Waals surface area (Å²) >= 11 is 0. The monoisotopic (exact) mass is 213 g/mol. The van der Waals surface area contributed by atoms with E-state index in [1.165, 1.54) is 0 Å². The quantitative estimate of drug-likeness (QED) is 0.735. The van der Waals surface area contributed by atoms with Crippen LogP contribution in [0.3, 0.4) is 0 Å². The molecule has 2 unspecified atom stereocenters. The van der Waals surface area contributed by atoms with Gasteiger partial charge in [0.1, 0.15) is 0 Å². The molecule has 0 aromatic carbocycles. The molecular formula is C11H23N3O. The molecule has 1 rings (SSSR count). The Morgan fingerprint density at radius 3 is 2.73 bits per heavy atom. The minimum Gasteiger partial charge on any atom is -0.351 e. The Kier molecular flexibility index (Phi) is 4.39. The lowest BCUT2D eigenvalue weighted by atomic mass is 9.96. The maximum Gasteiger partial charge on any atom is 0.314 e. The molecule has 1 fully saturated rings. The second-order valence-corrected chi connectivity index (χ2v) is 5.08. The molecule has 0 spiro atoms. The molecule has 2 atom stereocenters. The van der Waals surface area contributed by atoms with Crippen molar-refractivity contribution >= 4 is 6.03 Å². The molecule has 0 aromatic heterocycles. The number of amides is 2. The van der Waals surface area contributed by atoms with E-state index in [0.717, 1.165) is 26.1 Å². The summed E-state index contributed by atoms with van der Waals surface area (Å²) in [7, 11) is 0. The second kappa shape index (κ2) is 5.35. The van der Waals surface area contributed by atoms with E-state index in [4.69, 9.17) is 5.73 Å². The van der Waals surface area contributed by atoms with Crippen molar-refractivity contribution in [1.82, 2.24) is 10.2 Å². The van der Waals surface area contributed by atoms with Crippen molar-refractivity contribution in [3.63, 3.8) is 0 Å². The number of nitrogens with one attached hydrogen (secondary N) is 1. The molecule has 0 saturated carbocycles. The van der Waals surface area contributed by atoms with E-state index in [0.29, 0.717) is 17.9 Å². The highest BCUT2D eigenvalue weighted by atomic mass is 16.2. The Bertz CT molecular complexity index is 218. The van der Waals surface area contributed by atoms with Crippen LogP contribution in [0.15, 0.2) is 0 Å². The van der Waals surface area contributed by atoms with Gasteiger partial charge in [0.25, 0.3) is 0 Å².